The zero-order valence-corrected chi connectivity index (χ0v) is 14.7. The lowest BCUT2D eigenvalue weighted by molar-refractivity contribution is 0.417. The molecule has 0 atom stereocenters. The Bertz CT molecular complexity index is 707. The van der Waals surface area contributed by atoms with E-state index in [9.17, 15) is 0 Å². The molecular formula is C20H27N3. The van der Waals surface area contributed by atoms with Gasteiger partial charge >= 0.3 is 0 Å². The summed E-state index contributed by atoms with van der Waals surface area (Å²) in [5.74, 6) is 0. The maximum Gasteiger partial charge on any atom is 0.0483 e. The van der Waals surface area contributed by atoms with Crippen molar-refractivity contribution in [2.45, 2.75) is 19.4 Å². The van der Waals surface area contributed by atoms with Gasteiger partial charge in [0, 0.05) is 50.3 Å². The molecule has 3 rings (SSSR count). The van der Waals surface area contributed by atoms with Gasteiger partial charge in [0.1, 0.15) is 0 Å². The summed E-state index contributed by atoms with van der Waals surface area (Å²) in [4.78, 5) is 4.42. The van der Waals surface area contributed by atoms with Gasteiger partial charge in [-0.15, -0.1) is 0 Å². The summed E-state index contributed by atoms with van der Waals surface area (Å²) in [6.07, 6.45) is 6.78. The number of hydrogen-bond donors (Lipinski definition) is 0. The molecule has 0 N–H and O–H groups in total. The first-order valence-electron chi connectivity index (χ1n) is 8.37. The van der Waals surface area contributed by atoms with Gasteiger partial charge in [-0.05, 0) is 62.3 Å². The molecule has 0 amide bonds. The van der Waals surface area contributed by atoms with Crippen molar-refractivity contribution in [2.24, 2.45) is 0 Å². The second kappa shape index (κ2) is 6.63. The highest BCUT2D eigenvalue weighted by Crippen LogP contribution is 2.33. The standard InChI is InChI=1S/C20H27N3/c1-21(2)12-5-7-18-19-15-17(22(3)4)10-9-16(19)11-14-23-13-6-8-20(18)23/h6-10,13,15H,5,11-12,14H2,1-4H3. The second-order valence-corrected chi connectivity index (χ2v) is 6.78. The van der Waals surface area contributed by atoms with Crippen LogP contribution in [0.2, 0.25) is 0 Å². The van der Waals surface area contributed by atoms with Crippen molar-refractivity contribution in [1.82, 2.24) is 9.47 Å². The van der Waals surface area contributed by atoms with Gasteiger partial charge in [0.25, 0.3) is 0 Å². The van der Waals surface area contributed by atoms with E-state index >= 15 is 0 Å². The van der Waals surface area contributed by atoms with Crippen molar-refractivity contribution in [2.75, 3.05) is 39.6 Å². The molecule has 1 aromatic carbocycles. The molecule has 2 aromatic rings. The highest BCUT2D eigenvalue weighted by Gasteiger charge is 2.18. The first-order valence-corrected chi connectivity index (χ1v) is 8.37. The second-order valence-electron chi connectivity index (χ2n) is 6.78. The van der Waals surface area contributed by atoms with E-state index in [2.05, 4.69) is 85.2 Å². The van der Waals surface area contributed by atoms with E-state index in [1.165, 1.54) is 28.1 Å². The van der Waals surface area contributed by atoms with Crippen LogP contribution in [0.5, 0.6) is 0 Å². The van der Waals surface area contributed by atoms with Crippen LogP contribution in [0, 0.1) is 0 Å². The SMILES string of the molecule is CN(C)CCC=C1c2cc(N(C)C)ccc2CCn2cccc21. The number of anilines is 1. The molecule has 0 spiro atoms. The molecule has 0 unspecified atom stereocenters. The number of nitrogens with zero attached hydrogens (tertiary/aromatic N) is 3. The van der Waals surface area contributed by atoms with E-state index in [1.54, 1.807) is 0 Å². The van der Waals surface area contributed by atoms with Crippen LogP contribution in [0.15, 0.2) is 42.6 Å². The molecule has 1 aliphatic rings. The van der Waals surface area contributed by atoms with Crippen LogP contribution in [0.4, 0.5) is 5.69 Å². The van der Waals surface area contributed by atoms with Crippen LogP contribution in [0.1, 0.15) is 23.2 Å². The van der Waals surface area contributed by atoms with E-state index in [-0.39, 0.29) is 0 Å². The maximum atomic E-state index is 2.41. The van der Waals surface area contributed by atoms with Crippen LogP contribution < -0.4 is 4.90 Å². The van der Waals surface area contributed by atoms with Gasteiger partial charge in [-0.1, -0.05) is 12.1 Å². The Morgan fingerprint density at radius 3 is 2.70 bits per heavy atom. The molecule has 3 nitrogen and oxygen atoms in total. The van der Waals surface area contributed by atoms with Crippen molar-refractivity contribution in [3.8, 4) is 0 Å². The Balaban J connectivity index is 2.07. The third kappa shape index (κ3) is 3.35. The van der Waals surface area contributed by atoms with Gasteiger partial charge < -0.3 is 14.4 Å². The van der Waals surface area contributed by atoms with Crippen LogP contribution in [-0.4, -0.2) is 44.2 Å². The fraction of sp³-hybridized carbons (Fsp3) is 0.400. The maximum absolute atomic E-state index is 2.41. The Morgan fingerprint density at radius 2 is 1.96 bits per heavy atom. The third-order valence-electron chi connectivity index (χ3n) is 4.55. The van der Waals surface area contributed by atoms with Gasteiger partial charge in [-0.25, -0.2) is 0 Å². The van der Waals surface area contributed by atoms with E-state index in [4.69, 9.17) is 0 Å². The lowest BCUT2D eigenvalue weighted by Crippen LogP contribution is -2.12. The molecule has 3 heteroatoms. The third-order valence-corrected chi connectivity index (χ3v) is 4.55. The van der Waals surface area contributed by atoms with Crippen molar-refractivity contribution in [1.29, 1.82) is 0 Å². The first-order chi connectivity index (χ1) is 11.1. The Labute approximate surface area is 139 Å². The molecule has 0 fully saturated rings. The monoisotopic (exact) mass is 309 g/mol. The fourth-order valence-corrected chi connectivity index (χ4v) is 3.23. The van der Waals surface area contributed by atoms with Crippen molar-refractivity contribution in [3.05, 3.63) is 59.4 Å². The summed E-state index contributed by atoms with van der Waals surface area (Å²) in [6.45, 7) is 2.13. The zero-order chi connectivity index (χ0) is 16.4. The molecule has 0 aliphatic carbocycles. The molecule has 0 radical (unpaired) electrons. The van der Waals surface area contributed by atoms with E-state index in [1.807, 2.05) is 0 Å². The van der Waals surface area contributed by atoms with E-state index < -0.39 is 0 Å². The Kier molecular flexibility index (Phi) is 4.58. The summed E-state index contributed by atoms with van der Waals surface area (Å²) < 4.78 is 2.39. The average molecular weight is 309 g/mol. The largest absolute Gasteiger partial charge is 0.378 e. The fourth-order valence-electron chi connectivity index (χ4n) is 3.23. The average Bonchev–Trinajstić information content (AvgIpc) is 2.92. The van der Waals surface area contributed by atoms with Gasteiger partial charge in [0.15, 0.2) is 0 Å². The molecule has 23 heavy (non-hydrogen) atoms. The van der Waals surface area contributed by atoms with Crippen molar-refractivity contribution >= 4 is 11.3 Å². The summed E-state index contributed by atoms with van der Waals surface area (Å²) in [5.41, 5.74) is 6.84. The minimum absolute atomic E-state index is 1.06. The lowest BCUT2D eigenvalue weighted by atomic mass is 9.95. The highest BCUT2D eigenvalue weighted by molar-refractivity contribution is 5.82. The Morgan fingerprint density at radius 1 is 1.13 bits per heavy atom. The van der Waals surface area contributed by atoms with Crippen molar-refractivity contribution in [3.63, 3.8) is 0 Å². The molecular weight excluding hydrogens is 282 g/mol. The smallest absolute Gasteiger partial charge is 0.0483 e. The Hall–Kier alpha value is -2.00. The van der Waals surface area contributed by atoms with Crippen molar-refractivity contribution < 1.29 is 0 Å². The van der Waals surface area contributed by atoms with Crippen LogP contribution >= 0.6 is 0 Å². The van der Waals surface area contributed by atoms with Gasteiger partial charge in [-0.3, -0.25) is 0 Å². The predicted molar refractivity (Wildman–Crippen MR) is 99.2 cm³/mol. The van der Waals surface area contributed by atoms with Gasteiger partial charge in [-0.2, -0.15) is 0 Å². The quantitative estimate of drug-likeness (QED) is 0.856. The van der Waals surface area contributed by atoms with Gasteiger partial charge in [0.05, 0.1) is 0 Å². The number of aryl methyl sites for hydroxylation is 2. The molecule has 1 aromatic heterocycles. The number of benzene rings is 1. The van der Waals surface area contributed by atoms with E-state index in [0.717, 1.165) is 25.9 Å². The predicted octanol–water partition coefficient (Wildman–Crippen LogP) is 3.49. The summed E-state index contributed by atoms with van der Waals surface area (Å²) in [7, 11) is 8.48. The number of hydrogen-bond acceptors (Lipinski definition) is 2. The van der Waals surface area contributed by atoms with E-state index in [0.29, 0.717) is 0 Å². The minimum atomic E-state index is 1.06. The molecule has 2 heterocycles. The lowest BCUT2D eigenvalue weighted by Gasteiger charge is -2.17. The molecule has 0 saturated heterocycles. The topological polar surface area (TPSA) is 11.4 Å². The molecule has 1 aliphatic heterocycles. The number of aromatic nitrogens is 1. The first kappa shape index (κ1) is 15.9. The molecule has 122 valence electrons. The van der Waals surface area contributed by atoms with Crippen LogP contribution in [-0.2, 0) is 13.0 Å². The van der Waals surface area contributed by atoms with Crippen LogP contribution in [0.3, 0.4) is 0 Å². The highest BCUT2D eigenvalue weighted by atomic mass is 15.1. The number of fused-ring (bicyclic) bond motifs is 2. The van der Waals surface area contributed by atoms with Crippen LogP contribution in [0.25, 0.3) is 5.57 Å². The zero-order valence-electron chi connectivity index (χ0n) is 14.7. The minimum Gasteiger partial charge on any atom is -0.378 e. The molecule has 0 bridgehead atoms. The summed E-state index contributed by atoms with van der Waals surface area (Å²) in [5, 5.41) is 0. The van der Waals surface area contributed by atoms with Gasteiger partial charge in [0.2, 0.25) is 0 Å². The molecule has 0 saturated carbocycles. The summed E-state index contributed by atoms with van der Waals surface area (Å²) in [6, 6.07) is 11.3. The number of rotatable bonds is 4. The normalized spacial score (nSPS) is 15.4. The summed E-state index contributed by atoms with van der Waals surface area (Å²) >= 11 is 0.